The largest absolute Gasteiger partial charge is 0.0622 e. The van der Waals surface area contributed by atoms with Crippen LogP contribution < -0.4 is 0 Å². The van der Waals surface area contributed by atoms with Gasteiger partial charge in [-0.3, -0.25) is 0 Å². The van der Waals surface area contributed by atoms with Gasteiger partial charge in [-0.2, -0.15) is 0 Å². The van der Waals surface area contributed by atoms with Gasteiger partial charge in [0.15, 0.2) is 0 Å². The Labute approximate surface area is 369 Å². The maximum absolute atomic E-state index is 2.51. The van der Waals surface area contributed by atoms with Crippen LogP contribution in [0.3, 0.4) is 0 Å². The first-order valence-electron chi connectivity index (χ1n) is 22.3. The molecule has 0 saturated heterocycles. The van der Waals surface area contributed by atoms with E-state index in [2.05, 4.69) is 218 Å². The van der Waals surface area contributed by atoms with Crippen LogP contribution in [0.2, 0.25) is 0 Å². The Morgan fingerprint density at radius 2 is 0.413 bits per heavy atom. The Morgan fingerprint density at radius 1 is 0.175 bits per heavy atom. The number of benzene rings is 10. The summed E-state index contributed by atoms with van der Waals surface area (Å²) in [6.45, 7) is 0. The molecular formula is C63H42. The molecular weight excluding hydrogens is 757 g/mol. The van der Waals surface area contributed by atoms with Gasteiger partial charge in [-0.05, 0) is 153 Å². The van der Waals surface area contributed by atoms with Crippen molar-refractivity contribution in [3.8, 4) is 100 Å². The number of rotatable bonds is 6. The van der Waals surface area contributed by atoms with E-state index in [1.807, 2.05) is 0 Å². The van der Waals surface area contributed by atoms with E-state index in [-0.39, 0.29) is 0 Å². The fraction of sp³-hybridized carbons (Fsp3) is 0.0476. The summed E-state index contributed by atoms with van der Waals surface area (Å²) in [5.41, 5.74) is 31.3. The Balaban J connectivity index is 1.21. The van der Waals surface area contributed by atoms with Crippen molar-refractivity contribution >= 4 is 0 Å². The second-order valence-corrected chi connectivity index (χ2v) is 17.5. The van der Waals surface area contributed by atoms with Crippen LogP contribution in [-0.2, 0) is 19.3 Å². The minimum absolute atomic E-state index is 0.930. The van der Waals surface area contributed by atoms with Crippen LogP contribution in [0.1, 0.15) is 33.4 Å². The molecule has 3 aliphatic carbocycles. The molecule has 0 heteroatoms. The number of fused-ring (bicyclic) bond motifs is 9. The normalized spacial score (nSPS) is 12.6. The fourth-order valence-corrected chi connectivity index (χ4v) is 11.2. The molecule has 0 fully saturated rings. The van der Waals surface area contributed by atoms with Crippen LogP contribution in [0.5, 0.6) is 0 Å². The first kappa shape index (κ1) is 35.9. The van der Waals surface area contributed by atoms with E-state index in [1.165, 1.54) is 134 Å². The van der Waals surface area contributed by atoms with Gasteiger partial charge in [0, 0.05) is 0 Å². The lowest BCUT2D eigenvalue weighted by atomic mass is 9.73. The quantitative estimate of drug-likeness (QED) is 0.157. The van der Waals surface area contributed by atoms with Gasteiger partial charge in [0.05, 0.1) is 0 Å². The van der Waals surface area contributed by atoms with Gasteiger partial charge >= 0.3 is 0 Å². The number of hydrogen-bond acceptors (Lipinski definition) is 0. The van der Waals surface area contributed by atoms with Gasteiger partial charge in [0.1, 0.15) is 0 Å². The van der Waals surface area contributed by atoms with Gasteiger partial charge < -0.3 is 0 Å². The lowest BCUT2D eigenvalue weighted by Gasteiger charge is -2.29. The van der Waals surface area contributed by atoms with Crippen LogP contribution in [0, 0.1) is 0 Å². The van der Waals surface area contributed by atoms with E-state index in [0.29, 0.717) is 0 Å². The second kappa shape index (κ2) is 14.4. The Kier molecular flexibility index (Phi) is 8.21. The number of hydrogen-bond donors (Lipinski definition) is 0. The highest BCUT2D eigenvalue weighted by atomic mass is 14.3. The standard InChI is InChI=1S/C63H42/c1-4-16-40(17-5-1)58-61(46-28-31-55-49(37-46)34-43-22-10-13-25-52(43)55)59(41-18-6-2-7-19-41)63(48-30-33-57-51(39-48)36-45-24-12-15-27-54(45)57)60(42-20-8-3-9-21-42)62(58)47-29-32-56-50(38-47)35-44-23-11-14-26-53(44)56/h1-33,37-39H,34-36H2. The average molecular weight is 799 g/mol. The Hall–Kier alpha value is -7.80. The minimum Gasteiger partial charge on any atom is -0.0622 e. The van der Waals surface area contributed by atoms with Crippen LogP contribution in [0.25, 0.3) is 100 Å². The topological polar surface area (TPSA) is 0 Å². The van der Waals surface area contributed by atoms with Crippen molar-refractivity contribution in [3.05, 3.63) is 252 Å². The van der Waals surface area contributed by atoms with E-state index in [4.69, 9.17) is 0 Å². The highest BCUT2D eigenvalue weighted by Crippen LogP contribution is 2.57. The molecule has 10 aromatic rings. The molecule has 0 atom stereocenters. The van der Waals surface area contributed by atoms with E-state index in [0.717, 1.165) is 19.3 Å². The lowest BCUT2D eigenvalue weighted by Crippen LogP contribution is -2.03. The van der Waals surface area contributed by atoms with Gasteiger partial charge in [-0.15, -0.1) is 0 Å². The van der Waals surface area contributed by atoms with E-state index >= 15 is 0 Å². The van der Waals surface area contributed by atoms with Gasteiger partial charge in [0.2, 0.25) is 0 Å². The summed E-state index contributed by atoms with van der Waals surface area (Å²) in [4.78, 5) is 0. The molecule has 0 aliphatic heterocycles. The molecule has 0 amide bonds. The molecule has 0 nitrogen and oxygen atoms in total. The molecule has 0 heterocycles. The van der Waals surface area contributed by atoms with Crippen molar-refractivity contribution in [2.75, 3.05) is 0 Å². The summed E-state index contributed by atoms with van der Waals surface area (Å²) < 4.78 is 0. The first-order chi connectivity index (χ1) is 31.2. The van der Waals surface area contributed by atoms with Crippen molar-refractivity contribution < 1.29 is 0 Å². The van der Waals surface area contributed by atoms with Crippen molar-refractivity contribution in [2.24, 2.45) is 0 Å². The summed E-state index contributed by atoms with van der Waals surface area (Å²) in [7, 11) is 0. The van der Waals surface area contributed by atoms with E-state index in [1.54, 1.807) is 0 Å². The molecule has 0 bridgehead atoms. The molecule has 3 aliphatic rings. The Morgan fingerprint density at radius 3 is 0.714 bits per heavy atom. The average Bonchev–Trinajstić information content (AvgIpc) is 4.04. The summed E-state index contributed by atoms with van der Waals surface area (Å²) in [6, 6.07) is 82.4. The van der Waals surface area contributed by atoms with Crippen molar-refractivity contribution in [1.29, 1.82) is 0 Å². The zero-order valence-corrected chi connectivity index (χ0v) is 34.9. The molecule has 294 valence electrons. The molecule has 13 rings (SSSR count). The molecule has 0 N–H and O–H groups in total. The maximum Gasteiger partial charge on any atom is -0.00132 e. The third kappa shape index (κ3) is 5.75. The molecule has 0 unspecified atom stereocenters. The lowest BCUT2D eigenvalue weighted by molar-refractivity contribution is 1.26. The SMILES string of the molecule is c1ccc(-c2c(-c3ccc4c(c3)Cc3ccccc3-4)c(-c3ccccc3)c(-c3ccc4c(c3)Cc3ccccc3-4)c(-c3ccccc3)c2-c2ccc3c(c2)Cc2ccccc2-3)cc1. The predicted molar refractivity (Wildman–Crippen MR) is 264 cm³/mol. The van der Waals surface area contributed by atoms with E-state index in [9.17, 15) is 0 Å². The monoisotopic (exact) mass is 798 g/mol. The molecule has 63 heavy (non-hydrogen) atoms. The van der Waals surface area contributed by atoms with Crippen molar-refractivity contribution in [1.82, 2.24) is 0 Å². The molecule has 0 radical (unpaired) electrons. The van der Waals surface area contributed by atoms with Gasteiger partial charge in [0.25, 0.3) is 0 Å². The van der Waals surface area contributed by atoms with Crippen molar-refractivity contribution in [3.63, 3.8) is 0 Å². The van der Waals surface area contributed by atoms with Crippen molar-refractivity contribution in [2.45, 2.75) is 19.3 Å². The zero-order valence-electron chi connectivity index (χ0n) is 34.9. The van der Waals surface area contributed by atoms with Gasteiger partial charge in [-0.25, -0.2) is 0 Å². The molecule has 0 saturated carbocycles. The minimum atomic E-state index is 0.930. The van der Waals surface area contributed by atoms with Gasteiger partial charge in [-0.1, -0.05) is 218 Å². The predicted octanol–water partition coefficient (Wildman–Crippen LogP) is 16.4. The summed E-state index contributed by atoms with van der Waals surface area (Å²) >= 11 is 0. The summed E-state index contributed by atoms with van der Waals surface area (Å²) in [5.74, 6) is 0. The second-order valence-electron chi connectivity index (χ2n) is 17.5. The van der Waals surface area contributed by atoms with E-state index < -0.39 is 0 Å². The zero-order chi connectivity index (χ0) is 41.4. The summed E-state index contributed by atoms with van der Waals surface area (Å²) in [5, 5.41) is 0. The molecule has 0 aromatic heterocycles. The van der Waals surface area contributed by atoms with Crippen LogP contribution >= 0.6 is 0 Å². The highest BCUT2D eigenvalue weighted by molar-refractivity contribution is 6.15. The molecule has 0 spiro atoms. The van der Waals surface area contributed by atoms with Crippen LogP contribution in [0.4, 0.5) is 0 Å². The first-order valence-corrected chi connectivity index (χ1v) is 22.3. The fourth-order valence-electron chi connectivity index (χ4n) is 11.2. The smallest absolute Gasteiger partial charge is 0.00132 e. The van der Waals surface area contributed by atoms with Crippen LogP contribution in [0.15, 0.2) is 218 Å². The third-order valence-corrected chi connectivity index (χ3v) is 13.9. The van der Waals surface area contributed by atoms with Crippen LogP contribution in [-0.4, -0.2) is 0 Å². The molecule has 10 aromatic carbocycles. The Bertz CT molecular complexity index is 3060. The highest BCUT2D eigenvalue weighted by Gasteiger charge is 2.32. The summed E-state index contributed by atoms with van der Waals surface area (Å²) in [6.07, 6.45) is 2.79. The maximum atomic E-state index is 2.51. The third-order valence-electron chi connectivity index (χ3n) is 13.9.